The molecule has 0 aliphatic carbocycles. The number of benzene rings is 2. The van der Waals surface area contributed by atoms with Gasteiger partial charge in [0.1, 0.15) is 6.61 Å². The van der Waals surface area contributed by atoms with Gasteiger partial charge < -0.3 is 19.9 Å². The quantitative estimate of drug-likeness (QED) is 0.396. The molecule has 180 valence electrons. The van der Waals surface area contributed by atoms with Crippen molar-refractivity contribution in [3.63, 3.8) is 0 Å². The average molecular weight is 463 g/mol. The Morgan fingerprint density at radius 1 is 0.941 bits per heavy atom. The molecule has 34 heavy (non-hydrogen) atoms. The van der Waals surface area contributed by atoms with Gasteiger partial charge in [0.05, 0.1) is 13.7 Å². The van der Waals surface area contributed by atoms with Crippen LogP contribution in [0.5, 0.6) is 11.8 Å². The molecule has 0 saturated carbocycles. The van der Waals surface area contributed by atoms with E-state index >= 15 is 0 Å². The first-order valence-electron chi connectivity index (χ1n) is 11.6. The molecule has 3 rings (SSSR count). The Morgan fingerprint density at radius 2 is 1.62 bits per heavy atom. The number of aryl methyl sites for hydroxylation is 1. The first-order chi connectivity index (χ1) is 16.4. The van der Waals surface area contributed by atoms with Crippen molar-refractivity contribution in [2.45, 2.75) is 53.2 Å². The maximum Gasteiger partial charge on any atom is 0.219 e. The van der Waals surface area contributed by atoms with E-state index in [1.807, 2.05) is 37.3 Å². The number of hydrogen-bond donors (Lipinski definition) is 2. The second-order valence-corrected chi connectivity index (χ2v) is 8.38. The molecule has 1 amide bonds. The number of amides is 1. The van der Waals surface area contributed by atoms with Crippen LogP contribution >= 0.6 is 0 Å². The van der Waals surface area contributed by atoms with Crippen LogP contribution in [0.15, 0.2) is 48.5 Å². The molecule has 6 nitrogen and oxygen atoms in total. The molecule has 0 spiro atoms. The summed E-state index contributed by atoms with van der Waals surface area (Å²) in [6.45, 7) is 6.76. The Labute approximate surface area is 202 Å². The molecule has 1 aromatic heterocycles. The Kier molecular flexibility index (Phi) is 9.05. The van der Waals surface area contributed by atoms with Crippen LogP contribution in [-0.2, 0) is 24.4 Å². The minimum Gasteiger partial charge on any atom is -0.481 e. The number of hydrogen-bond acceptors (Lipinski definition) is 5. The molecule has 0 saturated heterocycles. The van der Waals surface area contributed by atoms with Crippen LogP contribution in [-0.4, -0.2) is 29.7 Å². The largest absolute Gasteiger partial charge is 0.481 e. The fraction of sp³-hybridized carbons (Fsp3) is 0.357. The summed E-state index contributed by atoms with van der Waals surface area (Å²) in [5.74, 6) is 1.08. The van der Waals surface area contributed by atoms with Crippen molar-refractivity contribution in [1.82, 2.24) is 10.3 Å². The van der Waals surface area contributed by atoms with Gasteiger partial charge in [-0.3, -0.25) is 4.79 Å². The number of aliphatic hydroxyl groups excluding tert-OH is 1. The number of rotatable bonds is 11. The lowest BCUT2D eigenvalue weighted by Crippen LogP contribution is -2.20. The third-order valence-corrected chi connectivity index (χ3v) is 6.08. The van der Waals surface area contributed by atoms with E-state index in [1.54, 1.807) is 7.11 Å². The lowest BCUT2D eigenvalue weighted by atomic mass is 9.92. The smallest absolute Gasteiger partial charge is 0.219 e. The summed E-state index contributed by atoms with van der Waals surface area (Å²) in [5, 5.41) is 12.4. The van der Waals surface area contributed by atoms with Crippen LogP contribution in [0.1, 0.15) is 47.6 Å². The molecule has 2 aromatic carbocycles. The minimum absolute atomic E-state index is 0.00432. The number of methoxy groups -OCH3 is 1. The number of nitrogens with zero attached hydrogens (tertiary/aromatic N) is 1. The van der Waals surface area contributed by atoms with Crippen LogP contribution in [0.25, 0.3) is 11.1 Å². The molecule has 0 aliphatic rings. The Balaban J connectivity index is 1.68. The van der Waals surface area contributed by atoms with Gasteiger partial charge >= 0.3 is 0 Å². The van der Waals surface area contributed by atoms with E-state index in [4.69, 9.17) is 9.47 Å². The van der Waals surface area contributed by atoms with E-state index in [9.17, 15) is 9.90 Å². The van der Waals surface area contributed by atoms with Crippen molar-refractivity contribution in [2.75, 3.05) is 13.7 Å². The number of pyridine rings is 1. The van der Waals surface area contributed by atoms with Gasteiger partial charge in [-0.25, -0.2) is 0 Å². The molecular weight excluding hydrogens is 428 g/mol. The van der Waals surface area contributed by atoms with Gasteiger partial charge in [0.25, 0.3) is 0 Å². The van der Waals surface area contributed by atoms with Gasteiger partial charge in [-0.05, 0) is 72.6 Å². The maximum absolute atomic E-state index is 11.0. The van der Waals surface area contributed by atoms with Crippen LogP contribution in [0.2, 0.25) is 0 Å². The first-order valence-corrected chi connectivity index (χ1v) is 11.6. The zero-order valence-corrected chi connectivity index (χ0v) is 20.5. The van der Waals surface area contributed by atoms with Gasteiger partial charge in [-0.2, -0.15) is 4.98 Å². The van der Waals surface area contributed by atoms with Gasteiger partial charge in [0.2, 0.25) is 17.7 Å². The highest BCUT2D eigenvalue weighted by Gasteiger charge is 2.12. The standard InChI is InChI=1S/C28H34N2O4/c1-19-23(17-31)10-7-12-25(19)26-13-8-11-24(20(26)2)18-34-27-15-14-22(28(30-27)33-4)9-5-6-16-29-21(3)32/h7-8,10-15,31H,5-6,9,16-18H2,1-4H3,(H,29,32). The van der Waals surface area contributed by atoms with E-state index < -0.39 is 0 Å². The molecule has 0 aliphatic heterocycles. The van der Waals surface area contributed by atoms with Gasteiger partial charge in [0, 0.05) is 25.1 Å². The highest BCUT2D eigenvalue weighted by atomic mass is 16.5. The van der Waals surface area contributed by atoms with Crippen LogP contribution in [0.4, 0.5) is 0 Å². The summed E-state index contributed by atoms with van der Waals surface area (Å²) < 4.78 is 11.5. The van der Waals surface area contributed by atoms with E-state index in [-0.39, 0.29) is 12.5 Å². The van der Waals surface area contributed by atoms with E-state index in [0.29, 0.717) is 24.9 Å². The SMILES string of the molecule is COc1nc(OCc2cccc(-c3cccc(CO)c3C)c2C)ccc1CCCCNC(C)=O. The second kappa shape index (κ2) is 12.2. The zero-order chi connectivity index (χ0) is 24.5. The highest BCUT2D eigenvalue weighted by Crippen LogP contribution is 2.31. The zero-order valence-electron chi connectivity index (χ0n) is 20.5. The topological polar surface area (TPSA) is 80.7 Å². The van der Waals surface area contributed by atoms with Gasteiger partial charge in [0.15, 0.2) is 0 Å². The maximum atomic E-state index is 11.0. The molecule has 0 radical (unpaired) electrons. The minimum atomic E-state index is -0.00432. The predicted molar refractivity (Wildman–Crippen MR) is 134 cm³/mol. The summed E-state index contributed by atoms with van der Waals surface area (Å²) in [5.41, 5.74) is 7.52. The summed E-state index contributed by atoms with van der Waals surface area (Å²) >= 11 is 0. The van der Waals surface area contributed by atoms with Gasteiger partial charge in [-0.15, -0.1) is 0 Å². The normalized spacial score (nSPS) is 10.7. The Morgan fingerprint density at radius 3 is 2.26 bits per heavy atom. The summed E-state index contributed by atoms with van der Waals surface area (Å²) in [6, 6.07) is 16.1. The first kappa shape index (κ1) is 25.2. The van der Waals surface area contributed by atoms with Crippen molar-refractivity contribution in [3.8, 4) is 22.9 Å². The van der Waals surface area contributed by atoms with E-state index in [0.717, 1.165) is 58.2 Å². The number of nitrogens with one attached hydrogen (secondary N) is 1. The number of aliphatic hydroxyl groups is 1. The van der Waals surface area contributed by atoms with Crippen molar-refractivity contribution in [2.24, 2.45) is 0 Å². The molecule has 3 aromatic rings. The van der Waals surface area contributed by atoms with Crippen molar-refractivity contribution in [3.05, 3.63) is 76.3 Å². The van der Waals surface area contributed by atoms with Crippen molar-refractivity contribution in [1.29, 1.82) is 0 Å². The van der Waals surface area contributed by atoms with Crippen molar-refractivity contribution < 1.29 is 19.4 Å². The molecule has 0 bridgehead atoms. The number of ether oxygens (including phenoxy) is 2. The van der Waals surface area contributed by atoms with Gasteiger partial charge in [-0.1, -0.05) is 36.4 Å². The lowest BCUT2D eigenvalue weighted by molar-refractivity contribution is -0.118. The van der Waals surface area contributed by atoms with Crippen LogP contribution in [0.3, 0.4) is 0 Å². The third-order valence-electron chi connectivity index (χ3n) is 6.08. The molecule has 0 unspecified atom stereocenters. The molecule has 2 N–H and O–H groups in total. The Bertz CT molecular complexity index is 1130. The fourth-order valence-electron chi connectivity index (χ4n) is 4.03. The Hall–Kier alpha value is -3.38. The highest BCUT2D eigenvalue weighted by molar-refractivity contribution is 5.73. The fourth-order valence-corrected chi connectivity index (χ4v) is 4.03. The monoisotopic (exact) mass is 462 g/mol. The van der Waals surface area contributed by atoms with Crippen molar-refractivity contribution >= 4 is 5.91 Å². The predicted octanol–water partition coefficient (Wildman–Crippen LogP) is 4.90. The summed E-state index contributed by atoms with van der Waals surface area (Å²) in [4.78, 5) is 15.5. The summed E-state index contributed by atoms with van der Waals surface area (Å²) in [6.07, 6.45) is 2.65. The van der Waals surface area contributed by atoms with Crippen LogP contribution < -0.4 is 14.8 Å². The second-order valence-electron chi connectivity index (χ2n) is 8.38. The number of aromatic nitrogens is 1. The molecular formula is C28H34N2O4. The molecule has 0 atom stereocenters. The van der Waals surface area contributed by atoms with E-state index in [1.165, 1.54) is 6.92 Å². The molecule has 0 fully saturated rings. The average Bonchev–Trinajstić information content (AvgIpc) is 2.84. The third kappa shape index (κ3) is 6.35. The lowest BCUT2D eigenvalue weighted by Gasteiger charge is -2.16. The molecule has 1 heterocycles. The molecule has 6 heteroatoms. The number of carbonyl (C=O) groups excluding carboxylic acids is 1. The number of carbonyl (C=O) groups is 1. The van der Waals surface area contributed by atoms with Crippen LogP contribution in [0, 0.1) is 13.8 Å². The van der Waals surface area contributed by atoms with E-state index in [2.05, 4.69) is 35.4 Å². The number of unbranched alkanes of at least 4 members (excludes halogenated alkanes) is 1. The summed E-state index contributed by atoms with van der Waals surface area (Å²) in [7, 11) is 1.61.